The van der Waals surface area contributed by atoms with Crippen LogP contribution in [0.4, 0.5) is 8.78 Å². The highest BCUT2D eigenvalue weighted by Crippen LogP contribution is 2.32. The summed E-state index contributed by atoms with van der Waals surface area (Å²) >= 11 is 3.35. The topological polar surface area (TPSA) is 35.2 Å². The maximum Gasteiger partial charge on any atom is 0.134 e. The van der Waals surface area contributed by atoms with Crippen molar-refractivity contribution in [3.63, 3.8) is 0 Å². The van der Waals surface area contributed by atoms with Gasteiger partial charge in [0.2, 0.25) is 0 Å². The van der Waals surface area contributed by atoms with Crippen molar-refractivity contribution >= 4 is 15.9 Å². The number of benzene rings is 2. The third-order valence-electron chi connectivity index (χ3n) is 3.17. The third kappa shape index (κ3) is 2.69. The van der Waals surface area contributed by atoms with Gasteiger partial charge in [0.1, 0.15) is 17.4 Å². The van der Waals surface area contributed by atoms with Crippen LogP contribution in [-0.2, 0) is 0 Å². The molecule has 5 heteroatoms. The average molecular weight is 342 g/mol. The highest BCUT2D eigenvalue weighted by Gasteiger charge is 2.21. The van der Waals surface area contributed by atoms with Crippen molar-refractivity contribution in [1.29, 1.82) is 0 Å². The Hall–Kier alpha value is -1.46. The summed E-state index contributed by atoms with van der Waals surface area (Å²) in [5.74, 6) is -0.624. The lowest BCUT2D eigenvalue weighted by molar-refractivity contribution is 0.414. The molecule has 0 bridgehead atoms. The quantitative estimate of drug-likeness (QED) is 0.912. The number of nitrogens with two attached hydrogens (primary N) is 1. The zero-order valence-corrected chi connectivity index (χ0v) is 12.7. The highest BCUT2D eigenvalue weighted by atomic mass is 79.9. The zero-order chi connectivity index (χ0) is 14.9. The second-order valence-electron chi connectivity index (χ2n) is 4.46. The maximum absolute atomic E-state index is 14.1. The summed E-state index contributed by atoms with van der Waals surface area (Å²) < 4.78 is 33.7. The number of rotatable bonds is 3. The summed E-state index contributed by atoms with van der Waals surface area (Å²) in [6.45, 7) is 1.58. The predicted molar refractivity (Wildman–Crippen MR) is 77.8 cm³/mol. The second-order valence-corrected chi connectivity index (χ2v) is 5.31. The van der Waals surface area contributed by atoms with Crippen molar-refractivity contribution in [1.82, 2.24) is 0 Å². The van der Waals surface area contributed by atoms with Gasteiger partial charge in [-0.25, -0.2) is 8.78 Å². The molecule has 2 aromatic carbocycles. The van der Waals surface area contributed by atoms with E-state index < -0.39 is 17.7 Å². The number of hydrogen-bond donors (Lipinski definition) is 1. The van der Waals surface area contributed by atoms with E-state index in [4.69, 9.17) is 10.5 Å². The first-order chi connectivity index (χ1) is 9.45. The molecule has 2 nitrogen and oxygen atoms in total. The van der Waals surface area contributed by atoms with Gasteiger partial charge in [-0.1, -0.05) is 28.1 Å². The van der Waals surface area contributed by atoms with Crippen LogP contribution in [0.25, 0.3) is 0 Å². The fourth-order valence-electron chi connectivity index (χ4n) is 2.01. The summed E-state index contributed by atoms with van der Waals surface area (Å²) in [6, 6.07) is 6.83. The molecule has 0 aromatic heterocycles. The number of aryl methyl sites for hydroxylation is 1. The molecule has 0 saturated carbocycles. The van der Waals surface area contributed by atoms with Gasteiger partial charge in [0.15, 0.2) is 0 Å². The molecule has 0 radical (unpaired) electrons. The van der Waals surface area contributed by atoms with Crippen LogP contribution in [0.2, 0.25) is 0 Å². The second kappa shape index (κ2) is 5.89. The monoisotopic (exact) mass is 341 g/mol. The van der Waals surface area contributed by atoms with Gasteiger partial charge in [-0.15, -0.1) is 0 Å². The molecule has 0 aliphatic rings. The lowest BCUT2D eigenvalue weighted by Crippen LogP contribution is -2.17. The van der Waals surface area contributed by atoms with Gasteiger partial charge >= 0.3 is 0 Å². The molecular formula is C15H14BrF2NO. The summed E-state index contributed by atoms with van der Waals surface area (Å²) in [5, 5.41) is 0. The van der Waals surface area contributed by atoms with E-state index in [0.717, 1.165) is 0 Å². The Kier molecular flexibility index (Phi) is 4.40. The molecule has 2 rings (SSSR count). The normalized spacial score (nSPS) is 12.3. The van der Waals surface area contributed by atoms with Crippen LogP contribution in [0.15, 0.2) is 34.8 Å². The molecule has 0 saturated heterocycles. The fourth-order valence-corrected chi connectivity index (χ4v) is 2.61. The molecule has 2 aromatic rings. The SMILES string of the molecule is COc1ccc(C(N)c2c(F)ccc(C)c2F)c(Br)c1. The lowest BCUT2D eigenvalue weighted by Gasteiger charge is -2.17. The first-order valence-electron chi connectivity index (χ1n) is 5.99. The van der Waals surface area contributed by atoms with Crippen LogP contribution < -0.4 is 10.5 Å². The number of ether oxygens (including phenoxy) is 1. The fraction of sp³-hybridized carbons (Fsp3) is 0.200. The molecule has 1 atom stereocenters. The van der Waals surface area contributed by atoms with E-state index in [1.165, 1.54) is 12.1 Å². The Labute approximate surface area is 124 Å². The van der Waals surface area contributed by atoms with E-state index >= 15 is 0 Å². The van der Waals surface area contributed by atoms with E-state index in [-0.39, 0.29) is 5.56 Å². The van der Waals surface area contributed by atoms with Crippen molar-refractivity contribution in [3.8, 4) is 5.75 Å². The van der Waals surface area contributed by atoms with Crippen molar-refractivity contribution in [2.24, 2.45) is 5.73 Å². The molecule has 0 amide bonds. The Morgan fingerprint density at radius 2 is 1.90 bits per heavy atom. The van der Waals surface area contributed by atoms with Crippen LogP contribution in [0.5, 0.6) is 5.75 Å². The van der Waals surface area contributed by atoms with E-state index in [1.807, 2.05) is 0 Å². The molecule has 0 fully saturated rings. The highest BCUT2D eigenvalue weighted by molar-refractivity contribution is 9.10. The molecule has 0 aliphatic heterocycles. The van der Waals surface area contributed by atoms with Gasteiger partial charge in [0, 0.05) is 10.0 Å². The molecule has 0 aliphatic carbocycles. The predicted octanol–water partition coefficient (Wildman–Crippen LogP) is 4.09. The molecule has 20 heavy (non-hydrogen) atoms. The molecule has 106 valence electrons. The first-order valence-corrected chi connectivity index (χ1v) is 6.78. The van der Waals surface area contributed by atoms with Crippen LogP contribution in [0.3, 0.4) is 0 Å². The van der Waals surface area contributed by atoms with E-state index in [9.17, 15) is 8.78 Å². The van der Waals surface area contributed by atoms with Crippen LogP contribution in [-0.4, -0.2) is 7.11 Å². The molecule has 1 unspecified atom stereocenters. The van der Waals surface area contributed by atoms with E-state index in [2.05, 4.69) is 15.9 Å². The third-order valence-corrected chi connectivity index (χ3v) is 3.86. The van der Waals surface area contributed by atoms with Crippen molar-refractivity contribution in [3.05, 3.63) is 63.1 Å². The summed E-state index contributed by atoms with van der Waals surface area (Å²) in [4.78, 5) is 0. The van der Waals surface area contributed by atoms with E-state index in [0.29, 0.717) is 21.3 Å². The van der Waals surface area contributed by atoms with Crippen LogP contribution >= 0.6 is 15.9 Å². The Bertz CT molecular complexity index is 646. The zero-order valence-electron chi connectivity index (χ0n) is 11.1. The van der Waals surface area contributed by atoms with Gasteiger partial charge in [-0.3, -0.25) is 0 Å². The van der Waals surface area contributed by atoms with Crippen molar-refractivity contribution in [2.45, 2.75) is 13.0 Å². The molecule has 0 heterocycles. The smallest absolute Gasteiger partial charge is 0.134 e. The molecular weight excluding hydrogens is 328 g/mol. The Morgan fingerprint density at radius 1 is 1.20 bits per heavy atom. The van der Waals surface area contributed by atoms with Gasteiger partial charge in [-0.05, 0) is 36.2 Å². The maximum atomic E-state index is 14.1. The minimum atomic E-state index is -0.893. The number of halogens is 3. The molecule has 2 N–H and O–H groups in total. The minimum Gasteiger partial charge on any atom is -0.497 e. The average Bonchev–Trinajstić information content (AvgIpc) is 2.43. The van der Waals surface area contributed by atoms with Crippen molar-refractivity contribution < 1.29 is 13.5 Å². The summed E-state index contributed by atoms with van der Waals surface area (Å²) in [7, 11) is 1.54. The van der Waals surface area contributed by atoms with E-state index in [1.54, 1.807) is 32.2 Å². The van der Waals surface area contributed by atoms with Gasteiger partial charge in [-0.2, -0.15) is 0 Å². The van der Waals surface area contributed by atoms with Crippen LogP contribution in [0, 0.1) is 18.6 Å². The Morgan fingerprint density at radius 3 is 2.50 bits per heavy atom. The lowest BCUT2D eigenvalue weighted by atomic mass is 9.97. The van der Waals surface area contributed by atoms with Crippen molar-refractivity contribution in [2.75, 3.05) is 7.11 Å². The first kappa shape index (κ1) is 14.9. The van der Waals surface area contributed by atoms with Gasteiger partial charge in [0.05, 0.1) is 13.2 Å². The van der Waals surface area contributed by atoms with Crippen LogP contribution in [0.1, 0.15) is 22.7 Å². The molecule has 0 spiro atoms. The number of hydrogen-bond acceptors (Lipinski definition) is 2. The minimum absolute atomic E-state index is 0.129. The largest absolute Gasteiger partial charge is 0.497 e. The standard InChI is InChI=1S/C15H14BrF2NO/c1-8-3-6-12(17)13(14(8)18)15(19)10-5-4-9(20-2)7-11(10)16/h3-7,15H,19H2,1-2H3. The van der Waals surface area contributed by atoms with Gasteiger partial charge < -0.3 is 10.5 Å². The summed E-state index contributed by atoms with van der Waals surface area (Å²) in [5.41, 5.74) is 6.85. The summed E-state index contributed by atoms with van der Waals surface area (Å²) in [6.07, 6.45) is 0. The Balaban J connectivity index is 2.52. The van der Waals surface area contributed by atoms with Gasteiger partial charge in [0.25, 0.3) is 0 Å². The number of methoxy groups -OCH3 is 1.